The predicted molar refractivity (Wildman–Crippen MR) is 80.8 cm³/mol. The normalized spacial score (nSPS) is 35.5. The molecule has 112 valence electrons. The molecule has 1 aliphatic heterocycles. The molecule has 3 heteroatoms. The topological polar surface area (TPSA) is 53.2 Å². The van der Waals surface area contributed by atoms with Crippen molar-refractivity contribution >= 4 is 0 Å². The number of hydrogen-bond acceptors (Lipinski definition) is 3. The zero-order valence-electron chi connectivity index (χ0n) is 12.8. The number of benzene rings is 1. The molecule has 1 saturated heterocycles. The average molecular weight is 285 g/mol. The number of aliphatic hydroxyl groups is 1. The standard InChI is InChI=1S/C18H23NO2/c1-13(2)16-11-18(20,9-10-21-16)17(12-19)8-7-14-5-3-4-6-15(14)17/h3-6,13,16,20H,7-11H2,1-2H3. The molecular formula is C18H23NO2. The molecule has 21 heavy (non-hydrogen) atoms. The van der Waals surface area contributed by atoms with Crippen LogP contribution in [0.5, 0.6) is 0 Å². The summed E-state index contributed by atoms with van der Waals surface area (Å²) in [6.45, 7) is 4.75. The molecule has 1 fully saturated rings. The lowest BCUT2D eigenvalue weighted by Crippen LogP contribution is -2.55. The van der Waals surface area contributed by atoms with Crippen LogP contribution in [-0.4, -0.2) is 23.4 Å². The van der Waals surface area contributed by atoms with Crippen LogP contribution in [0.25, 0.3) is 0 Å². The lowest BCUT2D eigenvalue weighted by Gasteiger charge is -2.46. The largest absolute Gasteiger partial charge is 0.388 e. The van der Waals surface area contributed by atoms with Gasteiger partial charge >= 0.3 is 0 Å². The predicted octanol–water partition coefficient (Wildman–Crippen LogP) is 2.96. The first-order valence-electron chi connectivity index (χ1n) is 7.86. The fourth-order valence-electron chi connectivity index (χ4n) is 4.00. The molecule has 2 aliphatic rings. The van der Waals surface area contributed by atoms with Gasteiger partial charge in [-0.15, -0.1) is 0 Å². The Morgan fingerprint density at radius 1 is 1.33 bits per heavy atom. The third-order valence-electron chi connectivity index (χ3n) is 5.36. The maximum absolute atomic E-state index is 11.4. The minimum atomic E-state index is -0.985. The monoisotopic (exact) mass is 285 g/mol. The van der Waals surface area contributed by atoms with E-state index in [4.69, 9.17) is 4.74 Å². The van der Waals surface area contributed by atoms with Crippen LogP contribution in [0.15, 0.2) is 24.3 Å². The smallest absolute Gasteiger partial charge is 0.112 e. The van der Waals surface area contributed by atoms with Crippen molar-refractivity contribution in [2.45, 2.75) is 56.7 Å². The van der Waals surface area contributed by atoms with Crippen molar-refractivity contribution < 1.29 is 9.84 Å². The van der Waals surface area contributed by atoms with E-state index < -0.39 is 11.0 Å². The van der Waals surface area contributed by atoms with Crippen LogP contribution in [-0.2, 0) is 16.6 Å². The van der Waals surface area contributed by atoms with Crippen molar-refractivity contribution in [3.8, 4) is 6.07 Å². The van der Waals surface area contributed by atoms with Gasteiger partial charge in [0.1, 0.15) is 5.41 Å². The summed E-state index contributed by atoms with van der Waals surface area (Å²) in [5.74, 6) is 0.351. The summed E-state index contributed by atoms with van der Waals surface area (Å²) in [7, 11) is 0. The van der Waals surface area contributed by atoms with E-state index in [1.807, 2.05) is 18.2 Å². The van der Waals surface area contributed by atoms with Crippen molar-refractivity contribution in [2.75, 3.05) is 6.61 Å². The molecule has 0 radical (unpaired) electrons. The first kappa shape index (κ1) is 14.6. The highest BCUT2D eigenvalue weighted by atomic mass is 16.5. The van der Waals surface area contributed by atoms with Gasteiger partial charge in [-0.2, -0.15) is 5.26 Å². The molecule has 0 bridgehead atoms. The van der Waals surface area contributed by atoms with E-state index in [1.54, 1.807) is 0 Å². The minimum Gasteiger partial charge on any atom is -0.388 e. The van der Waals surface area contributed by atoms with Gasteiger partial charge in [0.15, 0.2) is 0 Å². The van der Waals surface area contributed by atoms with Crippen LogP contribution in [0, 0.1) is 17.2 Å². The molecule has 3 nitrogen and oxygen atoms in total. The molecule has 3 atom stereocenters. The number of aryl methyl sites for hydroxylation is 1. The van der Waals surface area contributed by atoms with Crippen molar-refractivity contribution in [3.63, 3.8) is 0 Å². The summed E-state index contributed by atoms with van der Waals surface area (Å²) >= 11 is 0. The third kappa shape index (κ3) is 2.09. The van der Waals surface area contributed by atoms with Gasteiger partial charge in [0.05, 0.1) is 17.8 Å². The zero-order chi connectivity index (χ0) is 15.1. The first-order chi connectivity index (χ1) is 10.0. The van der Waals surface area contributed by atoms with Crippen molar-refractivity contribution in [3.05, 3.63) is 35.4 Å². The van der Waals surface area contributed by atoms with E-state index in [0.717, 1.165) is 12.0 Å². The quantitative estimate of drug-likeness (QED) is 0.909. The SMILES string of the molecule is CC(C)C1CC(O)(C2(C#N)CCc3ccccc32)CCO1. The summed E-state index contributed by atoms with van der Waals surface area (Å²) in [4.78, 5) is 0. The van der Waals surface area contributed by atoms with Gasteiger partial charge < -0.3 is 9.84 Å². The Morgan fingerprint density at radius 2 is 2.10 bits per heavy atom. The lowest BCUT2D eigenvalue weighted by atomic mass is 9.64. The average Bonchev–Trinajstić information content (AvgIpc) is 2.88. The number of nitriles is 1. The second kappa shape index (κ2) is 5.12. The molecule has 1 N–H and O–H groups in total. The molecule has 0 amide bonds. The van der Waals surface area contributed by atoms with E-state index >= 15 is 0 Å². The molecular weight excluding hydrogens is 262 g/mol. The summed E-state index contributed by atoms with van der Waals surface area (Å²) in [6, 6.07) is 10.6. The van der Waals surface area contributed by atoms with E-state index in [-0.39, 0.29) is 6.10 Å². The fourth-order valence-corrected chi connectivity index (χ4v) is 4.00. The van der Waals surface area contributed by atoms with Crippen LogP contribution in [0.3, 0.4) is 0 Å². The molecule has 0 aromatic heterocycles. The Hall–Kier alpha value is -1.37. The number of rotatable bonds is 2. The first-order valence-corrected chi connectivity index (χ1v) is 7.86. The van der Waals surface area contributed by atoms with Crippen LogP contribution in [0.1, 0.15) is 44.2 Å². The van der Waals surface area contributed by atoms with Gasteiger partial charge in [-0.3, -0.25) is 0 Å². The van der Waals surface area contributed by atoms with E-state index in [2.05, 4.69) is 26.0 Å². The van der Waals surface area contributed by atoms with E-state index in [9.17, 15) is 10.4 Å². The highest BCUT2D eigenvalue weighted by Crippen LogP contribution is 2.51. The van der Waals surface area contributed by atoms with Crippen molar-refractivity contribution in [1.29, 1.82) is 5.26 Å². The van der Waals surface area contributed by atoms with Crippen LogP contribution >= 0.6 is 0 Å². The van der Waals surface area contributed by atoms with Gasteiger partial charge in [0.2, 0.25) is 0 Å². The summed E-state index contributed by atoms with van der Waals surface area (Å²) < 4.78 is 5.80. The van der Waals surface area contributed by atoms with Crippen LogP contribution in [0.4, 0.5) is 0 Å². The Balaban J connectivity index is 2.03. The van der Waals surface area contributed by atoms with Crippen LogP contribution in [0.2, 0.25) is 0 Å². The Kier molecular flexibility index (Phi) is 3.55. The second-order valence-corrected chi connectivity index (χ2v) is 6.81. The molecule has 1 aromatic carbocycles. The summed E-state index contributed by atoms with van der Waals surface area (Å²) in [5, 5.41) is 21.3. The number of fused-ring (bicyclic) bond motifs is 1. The number of ether oxygens (including phenoxy) is 1. The molecule has 1 aliphatic carbocycles. The molecule has 3 rings (SSSR count). The van der Waals surface area contributed by atoms with Crippen LogP contribution < -0.4 is 0 Å². The second-order valence-electron chi connectivity index (χ2n) is 6.81. The van der Waals surface area contributed by atoms with Gasteiger partial charge in [0, 0.05) is 19.4 Å². The van der Waals surface area contributed by atoms with Crippen molar-refractivity contribution in [2.24, 2.45) is 5.92 Å². The minimum absolute atomic E-state index is 0.0294. The number of hydrogen-bond donors (Lipinski definition) is 1. The van der Waals surface area contributed by atoms with E-state index in [0.29, 0.717) is 31.8 Å². The Labute approximate surface area is 126 Å². The molecule has 0 spiro atoms. The molecule has 3 unspecified atom stereocenters. The fraction of sp³-hybridized carbons (Fsp3) is 0.611. The van der Waals surface area contributed by atoms with Gasteiger partial charge in [-0.05, 0) is 29.9 Å². The molecule has 1 heterocycles. The molecule has 1 aromatic rings. The van der Waals surface area contributed by atoms with Gasteiger partial charge in [-0.25, -0.2) is 0 Å². The summed E-state index contributed by atoms with van der Waals surface area (Å²) in [5.41, 5.74) is 0.474. The highest BCUT2D eigenvalue weighted by Gasteiger charge is 2.57. The van der Waals surface area contributed by atoms with Crippen molar-refractivity contribution in [1.82, 2.24) is 0 Å². The number of nitrogens with zero attached hydrogens (tertiary/aromatic N) is 1. The van der Waals surface area contributed by atoms with Gasteiger partial charge in [0.25, 0.3) is 0 Å². The molecule has 0 saturated carbocycles. The highest BCUT2D eigenvalue weighted by molar-refractivity contribution is 5.47. The van der Waals surface area contributed by atoms with Gasteiger partial charge in [-0.1, -0.05) is 38.1 Å². The Morgan fingerprint density at radius 3 is 2.81 bits per heavy atom. The maximum Gasteiger partial charge on any atom is 0.112 e. The summed E-state index contributed by atoms with van der Waals surface area (Å²) in [6.07, 6.45) is 2.70. The zero-order valence-corrected chi connectivity index (χ0v) is 12.8. The lowest BCUT2D eigenvalue weighted by molar-refractivity contribution is -0.141. The maximum atomic E-state index is 11.4. The van der Waals surface area contributed by atoms with E-state index in [1.165, 1.54) is 5.56 Å². The Bertz CT molecular complexity index is 577. The third-order valence-corrected chi connectivity index (χ3v) is 5.36.